The maximum atomic E-state index is 9.10. The molecule has 0 fully saturated rings. The first kappa shape index (κ1) is 14.4. The van der Waals surface area contributed by atoms with E-state index in [-0.39, 0.29) is 0 Å². The molecule has 0 atom stereocenters. The zero-order chi connectivity index (χ0) is 16.7. The predicted octanol–water partition coefficient (Wildman–Crippen LogP) is 4.66. The van der Waals surface area contributed by atoms with Crippen molar-refractivity contribution >= 4 is 21.7 Å². The summed E-state index contributed by atoms with van der Waals surface area (Å²) in [6.45, 7) is 2.16. The van der Waals surface area contributed by atoms with Crippen molar-refractivity contribution < 1.29 is 4.57 Å². The molecule has 0 radical (unpaired) electrons. The van der Waals surface area contributed by atoms with Crippen LogP contribution >= 0.6 is 0 Å². The van der Waals surface area contributed by atoms with Crippen molar-refractivity contribution in [1.29, 1.82) is 5.26 Å². The van der Waals surface area contributed by atoms with E-state index in [2.05, 4.69) is 73.1 Å². The van der Waals surface area contributed by atoms with Crippen molar-refractivity contribution in [1.82, 2.24) is 0 Å². The van der Waals surface area contributed by atoms with E-state index in [0.717, 1.165) is 10.9 Å². The van der Waals surface area contributed by atoms with Gasteiger partial charge in [-0.15, -0.1) is 0 Å². The van der Waals surface area contributed by atoms with Crippen molar-refractivity contribution in [3.63, 3.8) is 0 Å². The number of nitriles is 1. The van der Waals surface area contributed by atoms with Gasteiger partial charge in [-0.1, -0.05) is 36.4 Å². The van der Waals surface area contributed by atoms with Crippen molar-refractivity contribution in [2.24, 2.45) is 7.05 Å². The molecule has 0 N–H and O–H groups in total. The van der Waals surface area contributed by atoms with Gasteiger partial charge in [-0.2, -0.15) is 9.83 Å². The lowest BCUT2D eigenvalue weighted by atomic mass is 9.96. The first-order chi connectivity index (χ1) is 11.7. The quantitative estimate of drug-likeness (QED) is 0.470. The fourth-order valence-electron chi connectivity index (χ4n) is 3.44. The van der Waals surface area contributed by atoms with Gasteiger partial charge in [0.1, 0.15) is 7.05 Å². The SMILES string of the molecule is Cc1ccc2ccccc2c1-c1ccc2cc(C#N)ccc2[n+]1C. The molecule has 0 aliphatic carbocycles. The third kappa shape index (κ3) is 2.14. The lowest BCUT2D eigenvalue weighted by Gasteiger charge is -2.10. The van der Waals surface area contributed by atoms with Gasteiger partial charge < -0.3 is 0 Å². The maximum Gasteiger partial charge on any atom is 0.213 e. The molecule has 3 aromatic carbocycles. The topological polar surface area (TPSA) is 27.7 Å². The Morgan fingerprint density at radius 1 is 0.875 bits per heavy atom. The molecule has 0 aliphatic rings. The number of aromatic nitrogens is 1. The van der Waals surface area contributed by atoms with Crippen LogP contribution in [0.4, 0.5) is 0 Å². The summed E-state index contributed by atoms with van der Waals surface area (Å²) in [6.07, 6.45) is 0. The molecule has 114 valence electrons. The van der Waals surface area contributed by atoms with Gasteiger partial charge in [-0.3, -0.25) is 0 Å². The summed E-state index contributed by atoms with van der Waals surface area (Å²) in [5.74, 6) is 0. The molecule has 0 saturated heterocycles. The van der Waals surface area contributed by atoms with E-state index in [1.807, 2.05) is 18.2 Å². The van der Waals surface area contributed by atoms with E-state index < -0.39 is 0 Å². The van der Waals surface area contributed by atoms with Gasteiger partial charge >= 0.3 is 0 Å². The maximum absolute atomic E-state index is 9.10. The van der Waals surface area contributed by atoms with Crippen LogP contribution in [0, 0.1) is 18.3 Å². The van der Waals surface area contributed by atoms with Gasteiger partial charge in [0, 0.05) is 17.5 Å². The molecule has 1 heterocycles. The molecule has 0 aliphatic heterocycles. The zero-order valence-electron chi connectivity index (χ0n) is 13.7. The average Bonchev–Trinajstić information content (AvgIpc) is 2.62. The van der Waals surface area contributed by atoms with Crippen LogP contribution in [0.5, 0.6) is 0 Å². The summed E-state index contributed by atoms with van der Waals surface area (Å²) in [5.41, 5.74) is 5.52. The highest BCUT2D eigenvalue weighted by Gasteiger charge is 2.18. The van der Waals surface area contributed by atoms with Crippen LogP contribution in [-0.4, -0.2) is 0 Å². The molecule has 1 aromatic heterocycles. The zero-order valence-corrected chi connectivity index (χ0v) is 13.7. The molecule has 0 unspecified atom stereocenters. The molecule has 0 spiro atoms. The second kappa shape index (κ2) is 5.47. The second-order valence-corrected chi connectivity index (χ2v) is 6.14. The van der Waals surface area contributed by atoms with Crippen molar-refractivity contribution in [2.75, 3.05) is 0 Å². The van der Waals surface area contributed by atoms with Gasteiger partial charge in [-0.25, -0.2) is 0 Å². The first-order valence-electron chi connectivity index (χ1n) is 8.00. The fraction of sp³-hybridized carbons (Fsp3) is 0.0909. The molecule has 2 heteroatoms. The largest absolute Gasteiger partial charge is 0.213 e. The molecule has 4 aromatic rings. The minimum atomic E-state index is 0.691. The number of pyridine rings is 1. The minimum absolute atomic E-state index is 0.691. The highest BCUT2D eigenvalue weighted by molar-refractivity contribution is 5.97. The van der Waals surface area contributed by atoms with Crippen molar-refractivity contribution in [3.8, 4) is 17.3 Å². The Balaban J connectivity index is 2.06. The van der Waals surface area contributed by atoms with Crippen LogP contribution in [0.25, 0.3) is 32.9 Å². The standard InChI is InChI=1S/C22H17N2/c1-15-7-9-17-5-3-4-6-19(17)22(15)21-12-10-18-13-16(14-23)8-11-20(18)24(21)2/h3-13H,1-2H3/q+1. The Labute approximate surface area is 141 Å². The third-order valence-electron chi connectivity index (χ3n) is 4.69. The third-order valence-corrected chi connectivity index (χ3v) is 4.69. The van der Waals surface area contributed by atoms with Crippen molar-refractivity contribution in [3.05, 3.63) is 77.9 Å². The number of aryl methyl sites for hydroxylation is 2. The predicted molar refractivity (Wildman–Crippen MR) is 97.5 cm³/mol. The number of nitrogens with zero attached hydrogens (tertiary/aromatic N) is 2. The Kier molecular flexibility index (Phi) is 3.29. The molecular formula is C22H17N2+. The summed E-state index contributed by atoms with van der Waals surface area (Å²) in [5, 5.41) is 12.7. The monoisotopic (exact) mass is 309 g/mol. The Morgan fingerprint density at radius 3 is 2.50 bits per heavy atom. The number of fused-ring (bicyclic) bond motifs is 2. The van der Waals surface area contributed by atoms with Crippen LogP contribution in [0.15, 0.2) is 66.7 Å². The first-order valence-corrected chi connectivity index (χ1v) is 8.00. The summed E-state index contributed by atoms with van der Waals surface area (Å²) >= 11 is 0. The number of rotatable bonds is 1. The van der Waals surface area contributed by atoms with E-state index in [4.69, 9.17) is 5.26 Å². The van der Waals surface area contributed by atoms with Gasteiger partial charge in [-0.05, 0) is 41.5 Å². The Hall–Kier alpha value is -3.18. The van der Waals surface area contributed by atoms with Crippen LogP contribution in [0.2, 0.25) is 0 Å². The number of hydrogen-bond acceptors (Lipinski definition) is 1. The number of hydrogen-bond donors (Lipinski definition) is 0. The van der Waals surface area contributed by atoms with E-state index in [1.54, 1.807) is 0 Å². The second-order valence-electron chi connectivity index (χ2n) is 6.14. The highest BCUT2D eigenvalue weighted by atomic mass is 14.9. The molecule has 0 amide bonds. The van der Waals surface area contributed by atoms with Gasteiger partial charge in [0.15, 0.2) is 0 Å². The smallest absolute Gasteiger partial charge is 0.194 e. The van der Waals surface area contributed by atoms with Crippen molar-refractivity contribution in [2.45, 2.75) is 6.92 Å². The minimum Gasteiger partial charge on any atom is -0.194 e. The molecule has 0 bridgehead atoms. The normalized spacial score (nSPS) is 10.9. The molecular weight excluding hydrogens is 292 g/mol. The van der Waals surface area contributed by atoms with E-state index in [9.17, 15) is 0 Å². The van der Waals surface area contributed by atoms with E-state index in [1.165, 1.54) is 27.6 Å². The fourth-order valence-corrected chi connectivity index (χ4v) is 3.44. The van der Waals surface area contributed by atoms with Gasteiger partial charge in [0.2, 0.25) is 11.2 Å². The lowest BCUT2D eigenvalue weighted by molar-refractivity contribution is -0.633. The summed E-state index contributed by atoms with van der Waals surface area (Å²) in [7, 11) is 2.09. The van der Waals surface area contributed by atoms with Crippen LogP contribution in [0.3, 0.4) is 0 Å². The highest BCUT2D eigenvalue weighted by Crippen LogP contribution is 2.31. The number of benzene rings is 3. The molecule has 4 rings (SSSR count). The molecule has 24 heavy (non-hydrogen) atoms. The summed E-state index contributed by atoms with van der Waals surface area (Å²) in [4.78, 5) is 0. The molecule has 0 saturated carbocycles. The average molecular weight is 309 g/mol. The Morgan fingerprint density at radius 2 is 1.67 bits per heavy atom. The van der Waals surface area contributed by atoms with E-state index in [0.29, 0.717) is 5.56 Å². The molecule has 2 nitrogen and oxygen atoms in total. The summed E-state index contributed by atoms with van der Waals surface area (Å²) in [6, 6.07) is 25.2. The van der Waals surface area contributed by atoms with Crippen LogP contribution < -0.4 is 4.57 Å². The van der Waals surface area contributed by atoms with Crippen LogP contribution in [0.1, 0.15) is 11.1 Å². The van der Waals surface area contributed by atoms with Gasteiger partial charge in [0.25, 0.3) is 0 Å². The van der Waals surface area contributed by atoms with Crippen LogP contribution in [-0.2, 0) is 7.05 Å². The summed E-state index contributed by atoms with van der Waals surface area (Å²) < 4.78 is 2.21. The van der Waals surface area contributed by atoms with E-state index >= 15 is 0 Å². The van der Waals surface area contributed by atoms with Gasteiger partial charge in [0.05, 0.1) is 17.2 Å². The Bertz CT molecular complexity index is 1130. The lowest BCUT2D eigenvalue weighted by Crippen LogP contribution is -2.32.